The van der Waals surface area contributed by atoms with Crippen LogP contribution in [0.3, 0.4) is 0 Å². The summed E-state index contributed by atoms with van der Waals surface area (Å²) in [5, 5.41) is 3.30. The third-order valence-corrected chi connectivity index (χ3v) is 6.09. The Morgan fingerprint density at radius 3 is 2.25 bits per heavy atom. The van der Waals surface area contributed by atoms with Crippen LogP contribution in [-0.2, 0) is 21.2 Å². The molecule has 32 heavy (non-hydrogen) atoms. The third-order valence-electron chi connectivity index (χ3n) is 4.43. The Morgan fingerprint density at radius 1 is 0.969 bits per heavy atom. The standard InChI is InChI=1S/C23H23ClN2O5S/c1-3-31-20-11-8-18(9-12-20)26-32(28,29)22-15-19(10-13-21(22)30-2)25-23(27)14-16-4-6-17(24)7-5-16/h4-13,15,26H,3,14H2,1-2H3,(H,25,27). The van der Waals surface area contributed by atoms with Crippen LogP contribution in [0.2, 0.25) is 5.02 Å². The normalized spacial score (nSPS) is 11.0. The van der Waals surface area contributed by atoms with E-state index in [0.717, 1.165) is 5.56 Å². The van der Waals surface area contributed by atoms with Gasteiger partial charge in [-0.2, -0.15) is 0 Å². The molecule has 1 amide bonds. The van der Waals surface area contributed by atoms with Crippen molar-refractivity contribution < 1.29 is 22.7 Å². The number of hydrogen-bond acceptors (Lipinski definition) is 5. The Kier molecular flexibility index (Phi) is 7.61. The Hall–Kier alpha value is -3.23. The topological polar surface area (TPSA) is 93.7 Å². The number of hydrogen-bond donors (Lipinski definition) is 2. The molecule has 0 aliphatic heterocycles. The lowest BCUT2D eigenvalue weighted by molar-refractivity contribution is -0.115. The lowest BCUT2D eigenvalue weighted by Crippen LogP contribution is -2.17. The second-order valence-electron chi connectivity index (χ2n) is 6.78. The fourth-order valence-electron chi connectivity index (χ4n) is 2.95. The monoisotopic (exact) mass is 474 g/mol. The fraction of sp³-hybridized carbons (Fsp3) is 0.174. The number of rotatable bonds is 9. The lowest BCUT2D eigenvalue weighted by Gasteiger charge is -2.14. The number of sulfonamides is 1. The molecule has 3 aromatic carbocycles. The predicted molar refractivity (Wildman–Crippen MR) is 125 cm³/mol. The summed E-state index contributed by atoms with van der Waals surface area (Å²) in [5.74, 6) is 0.498. The highest BCUT2D eigenvalue weighted by Gasteiger charge is 2.21. The van der Waals surface area contributed by atoms with Crippen molar-refractivity contribution in [1.29, 1.82) is 0 Å². The van der Waals surface area contributed by atoms with Gasteiger partial charge in [-0.15, -0.1) is 0 Å². The molecular weight excluding hydrogens is 452 g/mol. The molecule has 0 atom stereocenters. The highest BCUT2D eigenvalue weighted by molar-refractivity contribution is 7.92. The second kappa shape index (κ2) is 10.4. The molecule has 0 aliphatic rings. The Bertz CT molecular complexity index is 1180. The predicted octanol–water partition coefficient (Wildman–Crippen LogP) is 4.73. The molecular formula is C23H23ClN2O5S. The molecule has 0 aromatic heterocycles. The van der Waals surface area contributed by atoms with Gasteiger partial charge in [-0.05, 0) is 67.1 Å². The molecule has 0 unspecified atom stereocenters. The first-order chi connectivity index (χ1) is 15.3. The van der Waals surface area contributed by atoms with Crippen molar-refractivity contribution in [2.45, 2.75) is 18.2 Å². The number of carbonyl (C=O) groups is 1. The molecule has 0 aliphatic carbocycles. The zero-order valence-electron chi connectivity index (χ0n) is 17.6. The van der Waals surface area contributed by atoms with Crippen LogP contribution in [0, 0.1) is 0 Å². The smallest absolute Gasteiger partial charge is 0.265 e. The summed E-state index contributed by atoms with van der Waals surface area (Å²) in [6, 6.07) is 17.9. The number of anilines is 2. The minimum Gasteiger partial charge on any atom is -0.495 e. The second-order valence-corrected chi connectivity index (χ2v) is 8.87. The Labute approximate surface area is 192 Å². The zero-order chi connectivity index (χ0) is 23.1. The van der Waals surface area contributed by atoms with Crippen molar-refractivity contribution in [1.82, 2.24) is 0 Å². The van der Waals surface area contributed by atoms with Crippen LogP contribution in [0.1, 0.15) is 12.5 Å². The highest BCUT2D eigenvalue weighted by atomic mass is 35.5. The van der Waals surface area contributed by atoms with Crippen molar-refractivity contribution in [3.8, 4) is 11.5 Å². The number of ether oxygens (including phenoxy) is 2. The molecule has 3 rings (SSSR count). The van der Waals surface area contributed by atoms with E-state index in [2.05, 4.69) is 10.0 Å². The molecule has 7 nitrogen and oxygen atoms in total. The first kappa shape index (κ1) is 23.4. The van der Waals surface area contributed by atoms with Gasteiger partial charge in [0.25, 0.3) is 10.0 Å². The number of methoxy groups -OCH3 is 1. The number of amides is 1. The molecule has 9 heteroatoms. The third kappa shape index (κ3) is 6.15. The minimum atomic E-state index is -3.98. The van der Waals surface area contributed by atoms with Crippen molar-refractivity contribution in [3.63, 3.8) is 0 Å². The molecule has 0 fully saturated rings. The maximum atomic E-state index is 13.0. The van der Waals surface area contributed by atoms with Crippen LogP contribution in [-0.4, -0.2) is 28.0 Å². The maximum absolute atomic E-state index is 13.0. The maximum Gasteiger partial charge on any atom is 0.265 e. The van der Waals surface area contributed by atoms with Gasteiger partial charge < -0.3 is 14.8 Å². The lowest BCUT2D eigenvalue weighted by atomic mass is 10.1. The molecule has 2 N–H and O–H groups in total. The number of carbonyl (C=O) groups excluding carboxylic acids is 1. The summed E-state index contributed by atoms with van der Waals surface area (Å²) in [6.07, 6.45) is 0.121. The van der Waals surface area contributed by atoms with E-state index in [4.69, 9.17) is 21.1 Å². The number of benzene rings is 3. The van der Waals surface area contributed by atoms with E-state index in [1.165, 1.54) is 19.2 Å². The van der Waals surface area contributed by atoms with Crippen LogP contribution >= 0.6 is 11.6 Å². The van der Waals surface area contributed by atoms with Crippen LogP contribution in [0.5, 0.6) is 11.5 Å². The van der Waals surface area contributed by atoms with Gasteiger partial charge in [-0.3, -0.25) is 9.52 Å². The Balaban J connectivity index is 1.78. The van der Waals surface area contributed by atoms with E-state index >= 15 is 0 Å². The fourth-order valence-corrected chi connectivity index (χ4v) is 4.33. The van der Waals surface area contributed by atoms with Gasteiger partial charge in [0, 0.05) is 16.4 Å². The van der Waals surface area contributed by atoms with E-state index in [1.54, 1.807) is 54.6 Å². The minimum absolute atomic E-state index is 0.0989. The molecule has 0 spiro atoms. The van der Waals surface area contributed by atoms with E-state index in [1.807, 2.05) is 6.92 Å². The summed E-state index contributed by atoms with van der Waals surface area (Å²) in [6.45, 7) is 2.38. The first-order valence-corrected chi connectivity index (χ1v) is 11.6. The largest absolute Gasteiger partial charge is 0.495 e. The van der Waals surface area contributed by atoms with Gasteiger partial charge in [0.1, 0.15) is 16.4 Å². The van der Waals surface area contributed by atoms with Gasteiger partial charge in [0.15, 0.2) is 0 Å². The molecule has 0 heterocycles. The number of nitrogens with one attached hydrogen (secondary N) is 2. The Morgan fingerprint density at radius 2 is 1.62 bits per heavy atom. The van der Waals surface area contributed by atoms with Crippen molar-refractivity contribution in [2.75, 3.05) is 23.8 Å². The van der Waals surface area contributed by atoms with Gasteiger partial charge in [0.2, 0.25) is 5.91 Å². The van der Waals surface area contributed by atoms with Crippen LogP contribution in [0.25, 0.3) is 0 Å². The summed E-state index contributed by atoms with van der Waals surface area (Å²) < 4.78 is 39.1. The molecule has 168 valence electrons. The average Bonchev–Trinajstić information content (AvgIpc) is 2.76. The van der Waals surface area contributed by atoms with E-state index in [0.29, 0.717) is 28.8 Å². The molecule has 0 saturated carbocycles. The first-order valence-electron chi connectivity index (χ1n) is 9.78. The summed E-state index contributed by atoms with van der Waals surface area (Å²) in [4.78, 5) is 12.3. The van der Waals surface area contributed by atoms with Crippen LogP contribution in [0.15, 0.2) is 71.6 Å². The van der Waals surface area contributed by atoms with Gasteiger partial charge in [0.05, 0.1) is 20.1 Å². The van der Waals surface area contributed by atoms with E-state index < -0.39 is 10.0 Å². The summed E-state index contributed by atoms with van der Waals surface area (Å²) in [5.41, 5.74) is 1.48. The van der Waals surface area contributed by atoms with Crippen LogP contribution < -0.4 is 19.5 Å². The van der Waals surface area contributed by atoms with Gasteiger partial charge in [-0.1, -0.05) is 23.7 Å². The van der Waals surface area contributed by atoms with Crippen LogP contribution in [0.4, 0.5) is 11.4 Å². The molecule has 0 radical (unpaired) electrons. The van der Waals surface area contributed by atoms with Crippen molar-refractivity contribution in [3.05, 3.63) is 77.3 Å². The van der Waals surface area contributed by atoms with Gasteiger partial charge >= 0.3 is 0 Å². The highest BCUT2D eigenvalue weighted by Crippen LogP contribution is 2.29. The molecule has 0 bridgehead atoms. The quantitative estimate of drug-likeness (QED) is 0.467. The van der Waals surface area contributed by atoms with Crippen molar-refractivity contribution in [2.24, 2.45) is 0 Å². The molecule has 0 saturated heterocycles. The molecule has 3 aromatic rings. The number of halogens is 1. The van der Waals surface area contributed by atoms with E-state index in [-0.39, 0.29) is 23.0 Å². The zero-order valence-corrected chi connectivity index (χ0v) is 19.2. The van der Waals surface area contributed by atoms with E-state index in [9.17, 15) is 13.2 Å². The summed E-state index contributed by atoms with van der Waals surface area (Å²) in [7, 11) is -2.61. The van der Waals surface area contributed by atoms with Gasteiger partial charge in [-0.25, -0.2) is 8.42 Å². The average molecular weight is 475 g/mol. The SMILES string of the molecule is CCOc1ccc(NS(=O)(=O)c2cc(NC(=O)Cc3ccc(Cl)cc3)ccc2OC)cc1. The summed E-state index contributed by atoms with van der Waals surface area (Å²) >= 11 is 5.87. The van der Waals surface area contributed by atoms with Crippen molar-refractivity contribution >= 4 is 38.9 Å².